The van der Waals surface area contributed by atoms with Gasteiger partial charge in [0.1, 0.15) is 5.69 Å². The summed E-state index contributed by atoms with van der Waals surface area (Å²) in [7, 11) is 0. The van der Waals surface area contributed by atoms with E-state index < -0.39 is 46.3 Å². The summed E-state index contributed by atoms with van der Waals surface area (Å²) in [5, 5.41) is 11.6. The van der Waals surface area contributed by atoms with E-state index in [9.17, 15) is 32.7 Å². The predicted octanol–water partition coefficient (Wildman–Crippen LogP) is 5.22. The molecule has 1 fully saturated rings. The highest BCUT2D eigenvalue weighted by Gasteiger charge is 2.34. The number of benzene rings is 2. The lowest BCUT2D eigenvalue weighted by Gasteiger charge is -2.18. The van der Waals surface area contributed by atoms with Crippen LogP contribution in [0.2, 0.25) is 10.2 Å². The highest BCUT2D eigenvalue weighted by Crippen LogP contribution is 2.37. The number of rotatable bonds is 5. The highest BCUT2D eigenvalue weighted by atomic mass is 35.5. The molecular formula is C25H17Cl2F3N4O4. The van der Waals surface area contributed by atoms with E-state index in [1.54, 1.807) is 0 Å². The molecule has 0 bridgehead atoms. The highest BCUT2D eigenvalue weighted by molar-refractivity contribution is 6.36. The molecule has 1 aliphatic rings. The van der Waals surface area contributed by atoms with Crippen molar-refractivity contribution in [3.63, 3.8) is 0 Å². The molecule has 13 heteroatoms. The Balaban J connectivity index is 1.67. The first-order valence-corrected chi connectivity index (χ1v) is 12.0. The van der Waals surface area contributed by atoms with Gasteiger partial charge < -0.3 is 10.4 Å². The van der Waals surface area contributed by atoms with Gasteiger partial charge in [-0.1, -0.05) is 47.5 Å². The number of hydrogen-bond donors (Lipinski definition) is 2. The number of nitrogens with one attached hydrogen (secondary N) is 1. The molecule has 0 radical (unpaired) electrons. The number of amides is 1. The topological polar surface area (TPSA) is 106 Å². The number of aromatic hydroxyl groups is 1. The molecule has 0 spiro atoms. The monoisotopic (exact) mass is 564 g/mol. The first-order chi connectivity index (χ1) is 18.0. The molecule has 4 aromatic rings. The summed E-state index contributed by atoms with van der Waals surface area (Å²) in [6.45, 7) is -0.622. The Morgan fingerprint density at radius 3 is 2.47 bits per heavy atom. The Bertz CT molecular complexity index is 1710. The molecule has 38 heavy (non-hydrogen) atoms. The zero-order chi connectivity index (χ0) is 27.4. The van der Waals surface area contributed by atoms with Crippen molar-refractivity contribution >= 4 is 45.7 Å². The van der Waals surface area contributed by atoms with Crippen LogP contribution in [-0.2, 0) is 12.7 Å². The maximum absolute atomic E-state index is 13.6. The molecule has 0 unspecified atom stereocenters. The number of alkyl halides is 3. The van der Waals surface area contributed by atoms with Crippen molar-refractivity contribution in [2.24, 2.45) is 0 Å². The lowest BCUT2D eigenvalue weighted by molar-refractivity contribution is -0.138. The van der Waals surface area contributed by atoms with Crippen molar-refractivity contribution in [3.05, 3.63) is 96.4 Å². The molecule has 2 aromatic heterocycles. The molecule has 0 saturated heterocycles. The molecule has 0 aliphatic heterocycles. The third-order valence-corrected chi connectivity index (χ3v) is 6.70. The summed E-state index contributed by atoms with van der Waals surface area (Å²) < 4.78 is 43.0. The van der Waals surface area contributed by atoms with E-state index >= 15 is 0 Å². The SMILES string of the molecule is O=C(Nc1cccc2c1c(=O)n(Cc1ccccc1C(F)(F)F)c(=O)n2C1CC1)c1cc(Cl)c(O)c(Cl)n1. The number of nitrogens with zero attached hydrogens (tertiary/aromatic N) is 3. The Hall–Kier alpha value is -3.83. The number of fused-ring (bicyclic) bond motifs is 1. The number of carbonyl (C=O) groups is 1. The molecule has 5 rings (SSSR count). The average molecular weight is 565 g/mol. The second-order valence-corrected chi connectivity index (χ2v) is 9.48. The molecule has 1 amide bonds. The van der Waals surface area contributed by atoms with Crippen LogP contribution in [0, 0.1) is 0 Å². The van der Waals surface area contributed by atoms with Crippen molar-refractivity contribution in [3.8, 4) is 5.75 Å². The van der Waals surface area contributed by atoms with Gasteiger partial charge in [0.15, 0.2) is 10.9 Å². The first kappa shape index (κ1) is 25.8. The van der Waals surface area contributed by atoms with Gasteiger partial charge in [0.2, 0.25) is 0 Å². The van der Waals surface area contributed by atoms with Crippen LogP contribution in [0.4, 0.5) is 18.9 Å². The van der Waals surface area contributed by atoms with Crippen molar-refractivity contribution in [2.75, 3.05) is 5.32 Å². The molecular weight excluding hydrogens is 548 g/mol. The van der Waals surface area contributed by atoms with Gasteiger partial charge in [-0.2, -0.15) is 13.2 Å². The number of pyridine rings is 1. The molecule has 2 heterocycles. The van der Waals surface area contributed by atoms with E-state index in [2.05, 4.69) is 10.3 Å². The lowest BCUT2D eigenvalue weighted by atomic mass is 10.1. The molecule has 0 atom stereocenters. The van der Waals surface area contributed by atoms with Gasteiger partial charge >= 0.3 is 11.9 Å². The van der Waals surface area contributed by atoms with Crippen molar-refractivity contribution in [2.45, 2.75) is 31.6 Å². The maximum atomic E-state index is 13.6. The van der Waals surface area contributed by atoms with E-state index in [1.165, 1.54) is 41.0 Å². The van der Waals surface area contributed by atoms with E-state index in [0.717, 1.165) is 16.7 Å². The van der Waals surface area contributed by atoms with Gasteiger partial charge in [-0.25, -0.2) is 9.78 Å². The molecule has 196 valence electrons. The summed E-state index contributed by atoms with van der Waals surface area (Å²) in [5.74, 6) is -1.33. The lowest BCUT2D eigenvalue weighted by Crippen LogP contribution is -2.40. The smallest absolute Gasteiger partial charge is 0.416 e. The van der Waals surface area contributed by atoms with E-state index in [0.29, 0.717) is 12.8 Å². The quantitative estimate of drug-likeness (QED) is 0.323. The number of halogens is 5. The molecule has 2 N–H and O–H groups in total. The van der Waals surface area contributed by atoms with E-state index in [4.69, 9.17) is 23.2 Å². The fourth-order valence-corrected chi connectivity index (χ4v) is 4.67. The van der Waals surface area contributed by atoms with Gasteiger partial charge in [0.25, 0.3) is 11.5 Å². The second-order valence-electron chi connectivity index (χ2n) is 8.71. The summed E-state index contributed by atoms with van der Waals surface area (Å²) >= 11 is 11.7. The van der Waals surface area contributed by atoms with Crippen molar-refractivity contribution in [1.82, 2.24) is 14.1 Å². The predicted molar refractivity (Wildman–Crippen MR) is 135 cm³/mol. The Kier molecular flexibility index (Phi) is 6.44. The van der Waals surface area contributed by atoms with Gasteiger partial charge in [-0.05, 0) is 42.7 Å². The van der Waals surface area contributed by atoms with Crippen LogP contribution in [0.15, 0.2) is 58.1 Å². The normalized spacial score (nSPS) is 13.6. The van der Waals surface area contributed by atoms with Crippen LogP contribution in [0.5, 0.6) is 5.75 Å². The minimum absolute atomic E-state index is 0.00637. The number of aromatic nitrogens is 3. The molecule has 1 aliphatic carbocycles. The molecule has 8 nitrogen and oxygen atoms in total. The van der Waals surface area contributed by atoms with Crippen LogP contribution >= 0.6 is 23.2 Å². The summed E-state index contributed by atoms with van der Waals surface area (Å²) in [6, 6.07) is 10.0. The third kappa shape index (κ3) is 4.63. The minimum Gasteiger partial charge on any atom is -0.504 e. The van der Waals surface area contributed by atoms with E-state index in [-0.39, 0.29) is 38.9 Å². The number of carbonyl (C=O) groups excluding carboxylic acids is 1. The van der Waals surface area contributed by atoms with Gasteiger partial charge in [-0.15, -0.1) is 0 Å². The number of hydrogen-bond acceptors (Lipinski definition) is 5. The van der Waals surface area contributed by atoms with Gasteiger partial charge in [0.05, 0.1) is 33.7 Å². The first-order valence-electron chi connectivity index (χ1n) is 11.3. The van der Waals surface area contributed by atoms with Crippen LogP contribution < -0.4 is 16.6 Å². The Morgan fingerprint density at radius 2 is 1.82 bits per heavy atom. The largest absolute Gasteiger partial charge is 0.504 e. The summed E-state index contributed by atoms with van der Waals surface area (Å²) in [6.07, 6.45) is -3.39. The Morgan fingerprint density at radius 1 is 1.11 bits per heavy atom. The fraction of sp³-hybridized carbons (Fsp3) is 0.200. The van der Waals surface area contributed by atoms with Crippen LogP contribution in [-0.4, -0.2) is 25.1 Å². The summed E-state index contributed by atoms with van der Waals surface area (Å²) in [4.78, 5) is 43.8. The average Bonchev–Trinajstić information content (AvgIpc) is 3.69. The van der Waals surface area contributed by atoms with Crippen LogP contribution in [0.3, 0.4) is 0 Å². The van der Waals surface area contributed by atoms with E-state index in [1.807, 2.05) is 0 Å². The van der Waals surface area contributed by atoms with Crippen LogP contribution in [0.25, 0.3) is 10.9 Å². The zero-order valence-corrected chi connectivity index (χ0v) is 20.7. The third-order valence-electron chi connectivity index (χ3n) is 6.15. The standard InChI is InChI=1S/C25H17Cl2F3N4O4/c26-15-10-17(31-21(27)20(15)35)22(36)32-16-6-3-7-18-19(16)23(37)33(24(38)34(18)13-8-9-13)11-12-4-1-2-5-14(12)25(28,29)30/h1-7,10,13,35H,8-9,11H2,(H,32,36). The van der Waals surface area contributed by atoms with Gasteiger partial charge in [-0.3, -0.25) is 18.7 Å². The zero-order valence-electron chi connectivity index (χ0n) is 19.2. The molecule has 1 saturated carbocycles. The van der Waals surface area contributed by atoms with Gasteiger partial charge in [0, 0.05) is 6.04 Å². The number of anilines is 1. The van der Waals surface area contributed by atoms with Crippen LogP contribution in [0.1, 0.15) is 40.5 Å². The maximum Gasteiger partial charge on any atom is 0.416 e. The van der Waals surface area contributed by atoms with Crippen molar-refractivity contribution < 1.29 is 23.1 Å². The minimum atomic E-state index is -4.69. The van der Waals surface area contributed by atoms with Crippen molar-refractivity contribution in [1.29, 1.82) is 0 Å². The molecule has 2 aromatic carbocycles. The summed E-state index contributed by atoms with van der Waals surface area (Å²) in [5.41, 5.74) is -2.85. The Labute approximate surface area is 221 Å². The second kappa shape index (κ2) is 9.48. The fourth-order valence-electron chi connectivity index (χ4n) is 4.24.